The Balaban J connectivity index is 1.75. The van der Waals surface area contributed by atoms with Crippen molar-refractivity contribution in [2.45, 2.75) is 19.3 Å². The smallest absolute Gasteiger partial charge is 0.228 e. The number of fused-ring (bicyclic) bond motifs is 1. The normalized spacial score (nSPS) is 28.9. The number of carbonyl (C=O) groups excluding carboxylic acids is 1. The largest absolute Gasteiger partial charge is 0.324 e. The molecular weight excluding hydrogens is 321 g/mol. The number of hydrogen-bond donors (Lipinski definition) is 1. The Morgan fingerprint density at radius 3 is 2.67 bits per heavy atom. The summed E-state index contributed by atoms with van der Waals surface area (Å²) in [7, 11) is 0. The lowest BCUT2D eigenvalue weighted by Gasteiger charge is -2.10. The van der Waals surface area contributed by atoms with E-state index in [1.807, 2.05) is 0 Å². The minimum absolute atomic E-state index is 0.0129. The van der Waals surface area contributed by atoms with Crippen molar-refractivity contribution in [2.24, 2.45) is 17.8 Å². The molecule has 3 rings (SSSR count). The van der Waals surface area contributed by atoms with Gasteiger partial charge in [-0.2, -0.15) is 0 Å². The summed E-state index contributed by atoms with van der Waals surface area (Å²) >= 11 is 9.16. The lowest BCUT2D eigenvalue weighted by molar-refractivity contribution is -0.118. The van der Waals surface area contributed by atoms with Crippen LogP contribution in [0.2, 0.25) is 5.02 Å². The van der Waals surface area contributed by atoms with Gasteiger partial charge in [0.1, 0.15) is 5.82 Å². The van der Waals surface area contributed by atoms with E-state index in [4.69, 9.17) is 11.6 Å². The van der Waals surface area contributed by atoms with Gasteiger partial charge in [-0.1, -0.05) is 18.0 Å². The molecule has 5 heteroatoms. The van der Waals surface area contributed by atoms with Crippen LogP contribution >= 0.6 is 27.5 Å². The average Bonchev–Trinajstić information content (AvgIpc) is 2.77. The van der Waals surface area contributed by atoms with Crippen LogP contribution in [0.15, 0.2) is 16.6 Å². The Bertz CT molecular complexity index is 489. The van der Waals surface area contributed by atoms with Gasteiger partial charge in [0.2, 0.25) is 5.91 Å². The highest BCUT2D eigenvalue weighted by atomic mass is 79.9. The fourth-order valence-electron chi connectivity index (χ4n) is 3.08. The third kappa shape index (κ3) is 2.05. The van der Waals surface area contributed by atoms with Crippen LogP contribution in [0.25, 0.3) is 0 Å². The number of amides is 1. The van der Waals surface area contributed by atoms with Crippen molar-refractivity contribution in [1.29, 1.82) is 0 Å². The van der Waals surface area contributed by atoms with Gasteiger partial charge in [0.25, 0.3) is 0 Å². The fraction of sp³-hybridized carbons (Fsp3) is 0.462. The average molecular weight is 333 g/mol. The van der Waals surface area contributed by atoms with E-state index >= 15 is 0 Å². The molecular formula is C13H12BrClFNO. The predicted molar refractivity (Wildman–Crippen MR) is 72.1 cm³/mol. The van der Waals surface area contributed by atoms with Gasteiger partial charge < -0.3 is 5.32 Å². The summed E-state index contributed by atoms with van der Waals surface area (Å²) in [5.74, 6) is 0.838. The number of hydrogen-bond acceptors (Lipinski definition) is 1. The summed E-state index contributed by atoms with van der Waals surface area (Å²) in [5, 5.41) is 3.04. The number of benzene rings is 1. The van der Waals surface area contributed by atoms with Crippen LogP contribution in [0.3, 0.4) is 0 Å². The number of carbonyl (C=O) groups is 1. The molecule has 1 amide bonds. The van der Waals surface area contributed by atoms with Gasteiger partial charge in [-0.3, -0.25) is 4.79 Å². The maximum atomic E-state index is 13.1. The lowest BCUT2D eigenvalue weighted by atomic mass is 10.1. The van der Waals surface area contributed by atoms with E-state index in [9.17, 15) is 9.18 Å². The van der Waals surface area contributed by atoms with E-state index in [-0.39, 0.29) is 16.8 Å². The van der Waals surface area contributed by atoms with E-state index in [1.165, 1.54) is 18.6 Å². The summed E-state index contributed by atoms with van der Waals surface area (Å²) in [6, 6.07) is 2.50. The molecule has 18 heavy (non-hydrogen) atoms. The highest BCUT2D eigenvalue weighted by molar-refractivity contribution is 9.10. The van der Waals surface area contributed by atoms with Gasteiger partial charge in [0, 0.05) is 10.4 Å². The molecule has 2 nitrogen and oxygen atoms in total. The molecule has 0 aliphatic heterocycles. The van der Waals surface area contributed by atoms with E-state index in [0.717, 1.165) is 12.8 Å². The minimum atomic E-state index is -0.423. The topological polar surface area (TPSA) is 29.1 Å². The summed E-state index contributed by atoms with van der Waals surface area (Å²) in [6.07, 6.45) is 3.54. The van der Waals surface area contributed by atoms with Crippen molar-refractivity contribution in [1.82, 2.24) is 0 Å². The number of halogens is 3. The van der Waals surface area contributed by atoms with Crippen LogP contribution in [0.1, 0.15) is 19.3 Å². The standard InChI is InChI=1S/C13H12BrClFNO/c14-9-4-6(16)5-10(15)12(9)17-13(18)11-7-2-1-3-8(7)11/h4-5,7-8,11H,1-3H2,(H,17,18). The highest BCUT2D eigenvalue weighted by Gasteiger charge is 2.56. The van der Waals surface area contributed by atoms with Crippen LogP contribution in [0, 0.1) is 23.6 Å². The van der Waals surface area contributed by atoms with Gasteiger partial charge in [0.05, 0.1) is 10.7 Å². The summed E-state index contributed by atoms with van der Waals surface area (Å²) in [4.78, 5) is 12.1. The zero-order valence-electron chi connectivity index (χ0n) is 9.55. The molecule has 2 unspecified atom stereocenters. The third-order valence-corrected chi connectivity index (χ3v) is 4.89. The van der Waals surface area contributed by atoms with Gasteiger partial charge in [-0.15, -0.1) is 0 Å². The number of nitrogens with one attached hydrogen (secondary N) is 1. The molecule has 1 aromatic carbocycles. The Kier molecular flexibility index (Phi) is 3.10. The zero-order chi connectivity index (χ0) is 12.9. The molecule has 2 atom stereocenters. The van der Waals surface area contributed by atoms with Crippen molar-refractivity contribution in [3.63, 3.8) is 0 Å². The molecule has 96 valence electrons. The molecule has 2 aliphatic rings. The Labute approximate surface area is 118 Å². The molecule has 0 heterocycles. The first kappa shape index (κ1) is 12.4. The van der Waals surface area contributed by atoms with E-state index in [2.05, 4.69) is 21.2 Å². The maximum Gasteiger partial charge on any atom is 0.228 e. The summed E-state index contributed by atoms with van der Waals surface area (Å²) in [5.41, 5.74) is 0.466. The molecule has 0 bridgehead atoms. The quantitative estimate of drug-likeness (QED) is 0.863. The van der Waals surface area contributed by atoms with E-state index in [1.54, 1.807) is 0 Å². The van der Waals surface area contributed by atoms with E-state index < -0.39 is 5.82 Å². The molecule has 0 aromatic heterocycles. The molecule has 2 aliphatic carbocycles. The van der Waals surface area contributed by atoms with Crippen LogP contribution in [0.5, 0.6) is 0 Å². The van der Waals surface area contributed by atoms with Crippen molar-refractivity contribution in [3.05, 3.63) is 27.4 Å². The predicted octanol–water partition coefficient (Wildman–Crippen LogP) is 4.23. The van der Waals surface area contributed by atoms with Crippen LogP contribution in [0.4, 0.5) is 10.1 Å². The Morgan fingerprint density at radius 1 is 1.39 bits per heavy atom. The lowest BCUT2D eigenvalue weighted by Crippen LogP contribution is -2.17. The van der Waals surface area contributed by atoms with Crippen LogP contribution in [-0.2, 0) is 4.79 Å². The molecule has 1 N–H and O–H groups in total. The van der Waals surface area contributed by atoms with Gasteiger partial charge in [-0.05, 0) is 52.7 Å². The fourth-order valence-corrected chi connectivity index (χ4v) is 3.98. The van der Waals surface area contributed by atoms with Crippen molar-refractivity contribution < 1.29 is 9.18 Å². The van der Waals surface area contributed by atoms with Gasteiger partial charge >= 0.3 is 0 Å². The monoisotopic (exact) mass is 331 g/mol. The van der Waals surface area contributed by atoms with Gasteiger partial charge in [0.15, 0.2) is 0 Å². The Morgan fingerprint density at radius 2 is 2.06 bits per heavy atom. The van der Waals surface area contributed by atoms with Crippen molar-refractivity contribution in [2.75, 3.05) is 5.32 Å². The Hall–Kier alpha value is -0.610. The van der Waals surface area contributed by atoms with Crippen LogP contribution < -0.4 is 5.32 Å². The first-order valence-electron chi connectivity index (χ1n) is 6.03. The van der Waals surface area contributed by atoms with Gasteiger partial charge in [-0.25, -0.2) is 4.39 Å². The second-order valence-electron chi connectivity index (χ2n) is 5.02. The zero-order valence-corrected chi connectivity index (χ0v) is 11.9. The highest BCUT2D eigenvalue weighted by Crippen LogP contribution is 2.57. The molecule has 1 aromatic rings. The molecule has 0 radical (unpaired) electrons. The first-order valence-corrected chi connectivity index (χ1v) is 7.20. The minimum Gasteiger partial charge on any atom is -0.324 e. The maximum absolute atomic E-state index is 13.1. The second kappa shape index (κ2) is 4.49. The molecule has 0 saturated heterocycles. The molecule has 2 saturated carbocycles. The third-order valence-electron chi connectivity index (χ3n) is 3.96. The number of anilines is 1. The number of rotatable bonds is 2. The summed E-state index contributed by atoms with van der Waals surface area (Å²) < 4.78 is 13.6. The van der Waals surface area contributed by atoms with Crippen LogP contribution in [-0.4, -0.2) is 5.91 Å². The van der Waals surface area contributed by atoms with E-state index in [0.29, 0.717) is 22.0 Å². The molecule has 0 spiro atoms. The van der Waals surface area contributed by atoms with Crippen molar-refractivity contribution >= 4 is 39.1 Å². The first-order chi connectivity index (χ1) is 8.58. The molecule has 2 fully saturated rings. The van der Waals surface area contributed by atoms with Crippen molar-refractivity contribution in [3.8, 4) is 0 Å². The second-order valence-corrected chi connectivity index (χ2v) is 6.28. The SMILES string of the molecule is O=C(Nc1c(Cl)cc(F)cc1Br)C1C2CCCC21. The summed E-state index contributed by atoms with van der Waals surface area (Å²) in [6.45, 7) is 0.